The van der Waals surface area contributed by atoms with Crippen LogP contribution in [0.5, 0.6) is 0 Å². The number of ether oxygens (including phenoxy) is 3. The molecule has 0 atom stereocenters. The number of alkyl halides is 3. The lowest BCUT2D eigenvalue weighted by Crippen LogP contribution is -2.17. The summed E-state index contributed by atoms with van der Waals surface area (Å²) in [6.45, 7) is 3.92. The molecule has 1 amide bonds. The van der Waals surface area contributed by atoms with Gasteiger partial charge in [0.15, 0.2) is 0 Å². The molecule has 9 nitrogen and oxygen atoms in total. The first-order valence-electron chi connectivity index (χ1n) is 7.59. The Morgan fingerprint density at radius 2 is 1.74 bits per heavy atom. The highest BCUT2D eigenvalue weighted by Crippen LogP contribution is 2.27. The van der Waals surface area contributed by atoms with Crippen molar-refractivity contribution in [2.45, 2.75) is 36.6 Å². The lowest BCUT2D eigenvalue weighted by molar-refractivity contribution is -0.137. The molecule has 27 heavy (non-hydrogen) atoms. The molecule has 0 radical (unpaired) electrons. The van der Waals surface area contributed by atoms with Gasteiger partial charge in [-0.3, -0.25) is 9.69 Å². The number of cyclic esters (lactones) is 2. The van der Waals surface area contributed by atoms with Gasteiger partial charge in [-0.05, 0) is 54.1 Å². The summed E-state index contributed by atoms with van der Waals surface area (Å²) in [6, 6.07) is 0. The van der Waals surface area contributed by atoms with Gasteiger partial charge >= 0.3 is 27.4 Å². The third kappa shape index (κ3) is 23.0. The zero-order chi connectivity index (χ0) is 21.5. The molecule has 13 heteroatoms. The Morgan fingerprint density at radius 3 is 1.81 bits per heavy atom. The van der Waals surface area contributed by atoms with E-state index < -0.39 is 27.4 Å². The number of esters is 1. The topological polar surface area (TPSA) is 119 Å². The molecule has 0 aliphatic carbocycles. The molecule has 2 aliphatic heterocycles. The second kappa shape index (κ2) is 16.0. The Morgan fingerprint density at radius 1 is 1.22 bits per heavy atom. The minimum absolute atomic E-state index is 0.0822. The van der Waals surface area contributed by atoms with Gasteiger partial charge in [-0.1, -0.05) is 6.92 Å². The minimum atomic E-state index is -2.04. The number of rotatable bonds is 2. The van der Waals surface area contributed by atoms with Crippen LogP contribution in [0.4, 0.5) is 9.59 Å². The van der Waals surface area contributed by atoms with E-state index >= 15 is 0 Å². The number of carboxylic acids is 1. The van der Waals surface area contributed by atoms with Crippen molar-refractivity contribution in [1.82, 2.24) is 4.90 Å². The standard InChI is InChI=1S/C4H5NO3.C4H8O2.C4H8O.C2Cl4O2/c1-5-2-3(6)8-4(5)7;1-2-3-4(5)6;1-2-4-5-3-1;3-1(7)8-2(4,5)6/h2H2,1H3;2-3H2,1H3,(H,5,6);1-4H2;. The van der Waals surface area contributed by atoms with Gasteiger partial charge in [-0.15, -0.1) is 0 Å². The second-order valence-corrected chi connectivity index (χ2v) is 7.33. The second-order valence-electron chi connectivity index (χ2n) is 4.84. The zero-order valence-corrected chi connectivity index (χ0v) is 17.7. The van der Waals surface area contributed by atoms with Crippen molar-refractivity contribution in [2.75, 3.05) is 26.8 Å². The SMILES string of the molecule is C1CCOC1.CCCC(=O)O.CN1CC(=O)OC1=O.O=C(Cl)OC(Cl)(Cl)Cl. The van der Waals surface area contributed by atoms with Gasteiger partial charge in [0, 0.05) is 38.3 Å². The Hall–Kier alpha value is -1.000. The Kier molecular flexibility index (Phi) is 16.7. The molecule has 158 valence electrons. The van der Waals surface area contributed by atoms with Crippen molar-refractivity contribution in [3.8, 4) is 0 Å². The number of hydrogen-bond donors (Lipinski definition) is 1. The number of carbonyl (C=O) groups excluding carboxylic acids is 3. The summed E-state index contributed by atoms with van der Waals surface area (Å²) in [6.07, 6.45) is 3.02. The van der Waals surface area contributed by atoms with Crippen molar-refractivity contribution in [2.24, 2.45) is 0 Å². The molecule has 2 rings (SSSR count). The first-order valence-corrected chi connectivity index (χ1v) is 9.10. The largest absolute Gasteiger partial charge is 0.481 e. The molecule has 2 saturated heterocycles. The third-order valence-electron chi connectivity index (χ3n) is 2.37. The summed E-state index contributed by atoms with van der Waals surface area (Å²) in [4.78, 5) is 41.0. The summed E-state index contributed by atoms with van der Waals surface area (Å²) in [5, 5.41) is 7.91. The molecule has 2 aliphatic rings. The van der Waals surface area contributed by atoms with Gasteiger partial charge in [0.2, 0.25) is 0 Å². The minimum Gasteiger partial charge on any atom is -0.481 e. The maximum absolute atomic E-state index is 10.3. The van der Waals surface area contributed by atoms with Crippen LogP contribution in [0.1, 0.15) is 32.6 Å². The van der Waals surface area contributed by atoms with Gasteiger partial charge in [0.05, 0.1) is 0 Å². The van der Waals surface area contributed by atoms with Crippen molar-refractivity contribution < 1.29 is 38.5 Å². The van der Waals surface area contributed by atoms with Crippen molar-refractivity contribution >= 4 is 69.9 Å². The number of carboxylic acid groups (broad SMARTS) is 1. The highest BCUT2D eigenvalue weighted by molar-refractivity contribution is 6.69. The smallest absolute Gasteiger partial charge is 0.417 e. The molecule has 0 saturated carbocycles. The van der Waals surface area contributed by atoms with E-state index in [-0.39, 0.29) is 6.54 Å². The lowest BCUT2D eigenvalue weighted by atomic mass is 10.4. The number of carbonyl (C=O) groups is 4. The predicted molar refractivity (Wildman–Crippen MR) is 99.3 cm³/mol. The van der Waals surface area contributed by atoms with Gasteiger partial charge in [-0.25, -0.2) is 14.4 Å². The average molecular weight is 473 g/mol. The summed E-state index contributed by atoms with van der Waals surface area (Å²) < 4.78 is 10.9. The number of likely N-dealkylation sites (N-methyl/N-ethyl adjacent to an activating group) is 1. The fourth-order valence-electron chi connectivity index (χ4n) is 1.28. The number of nitrogens with zero attached hydrogens (tertiary/aromatic N) is 1. The van der Waals surface area contributed by atoms with Crippen LogP contribution < -0.4 is 0 Å². The summed E-state index contributed by atoms with van der Waals surface area (Å²) >= 11 is 19.4. The van der Waals surface area contributed by atoms with Crippen LogP contribution in [0.15, 0.2) is 0 Å². The van der Waals surface area contributed by atoms with Gasteiger partial charge < -0.3 is 19.3 Å². The van der Waals surface area contributed by atoms with E-state index in [4.69, 9.17) is 44.6 Å². The van der Waals surface area contributed by atoms with Gasteiger partial charge in [-0.2, -0.15) is 0 Å². The third-order valence-corrected chi connectivity index (χ3v) is 2.67. The Balaban J connectivity index is 0. The molecule has 1 N–H and O–H groups in total. The fourth-order valence-corrected chi connectivity index (χ4v) is 1.73. The number of hydrogen-bond acceptors (Lipinski definition) is 7. The highest BCUT2D eigenvalue weighted by atomic mass is 35.6. The molecule has 2 heterocycles. The normalized spacial score (nSPS) is 15.3. The van der Waals surface area contributed by atoms with E-state index in [0.29, 0.717) is 6.42 Å². The first kappa shape index (κ1) is 28.2. The summed E-state index contributed by atoms with van der Waals surface area (Å²) in [5.74, 6) is -1.19. The van der Waals surface area contributed by atoms with Crippen LogP contribution in [-0.4, -0.2) is 64.3 Å². The predicted octanol–water partition coefficient (Wildman–Crippen LogP) is 3.95. The van der Waals surface area contributed by atoms with Crippen LogP contribution in [0.2, 0.25) is 0 Å². The molecular formula is C14H21Cl4NO8. The molecule has 0 bridgehead atoms. The lowest BCUT2D eigenvalue weighted by Gasteiger charge is -2.06. The van der Waals surface area contributed by atoms with Crippen LogP contribution >= 0.6 is 46.4 Å². The van der Waals surface area contributed by atoms with Gasteiger partial charge in [0.1, 0.15) is 6.54 Å². The molecule has 0 unspecified atom stereocenters. The maximum Gasteiger partial charge on any atom is 0.417 e. The van der Waals surface area contributed by atoms with E-state index in [0.717, 1.165) is 19.6 Å². The summed E-state index contributed by atoms with van der Waals surface area (Å²) in [5.41, 5.74) is -1.15. The molecule has 0 spiro atoms. The van der Waals surface area contributed by atoms with E-state index in [1.165, 1.54) is 24.8 Å². The Bertz CT molecular complexity index is 473. The molecule has 0 aromatic heterocycles. The maximum atomic E-state index is 10.3. The number of aliphatic carboxylic acids is 1. The highest BCUT2D eigenvalue weighted by Gasteiger charge is 2.25. The van der Waals surface area contributed by atoms with Gasteiger partial charge in [0.25, 0.3) is 0 Å². The van der Waals surface area contributed by atoms with Crippen molar-refractivity contribution in [3.63, 3.8) is 0 Å². The van der Waals surface area contributed by atoms with Crippen LogP contribution in [0, 0.1) is 0 Å². The quantitative estimate of drug-likeness (QED) is 0.277. The molecule has 0 aromatic rings. The van der Waals surface area contributed by atoms with E-state index in [9.17, 15) is 19.2 Å². The first-order chi connectivity index (χ1) is 12.4. The van der Waals surface area contributed by atoms with Crippen molar-refractivity contribution in [1.29, 1.82) is 0 Å². The van der Waals surface area contributed by atoms with Crippen LogP contribution in [0.3, 0.4) is 0 Å². The van der Waals surface area contributed by atoms with Crippen molar-refractivity contribution in [3.05, 3.63) is 0 Å². The zero-order valence-electron chi connectivity index (χ0n) is 14.7. The molecular weight excluding hydrogens is 452 g/mol. The number of amides is 1. The van der Waals surface area contributed by atoms with E-state index in [1.54, 1.807) is 0 Å². The monoisotopic (exact) mass is 471 g/mol. The van der Waals surface area contributed by atoms with Crippen LogP contribution in [0.25, 0.3) is 0 Å². The number of halogens is 4. The average Bonchev–Trinajstić information content (AvgIpc) is 3.12. The fraction of sp³-hybridized carbons (Fsp3) is 0.714. The summed E-state index contributed by atoms with van der Waals surface area (Å²) in [7, 11) is 1.51. The van der Waals surface area contributed by atoms with Crippen LogP contribution in [-0.2, 0) is 23.8 Å². The molecule has 2 fully saturated rings. The molecule has 0 aromatic carbocycles. The van der Waals surface area contributed by atoms with E-state index in [2.05, 4.69) is 21.1 Å². The Labute approximate surface area is 176 Å². The van der Waals surface area contributed by atoms with E-state index in [1.807, 2.05) is 6.92 Å².